The van der Waals surface area contributed by atoms with Gasteiger partial charge in [-0.1, -0.05) is 44.2 Å². The van der Waals surface area contributed by atoms with Crippen molar-refractivity contribution in [2.45, 2.75) is 64.6 Å². The second-order valence-corrected chi connectivity index (χ2v) is 7.20. The quantitative estimate of drug-likeness (QED) is 0.857. The maximum absolute atomic E-state index is 11.3. The van der Waals surface area contributed by atoms with Crippen molar-refractivity contribution in [2.75, 3.05) is 0 Å². The Hall–Kier alpha value is -0.860. The topological polar surface area (TPSA) is 40.5 Å². The number of aliphatic hydroxyl groups is 2. The molecule has 2 heteroatoms. The van der Waals surface area contributed by atoms with Crippen molar-refractivity contribution < 1.29 is 10.2 Å². The molecule has 21 heavy (non-hydrogen) atoms. The lowest BCUT2D eigenvalue weighted by molar-refractivity contribution is -0.0758. The lowest BCUT2D eigenvalue weighted by Crippen LogP contribution is -2.40. The Bertz CT molecular complexity index is 418. The summed E-state index contributed by atoms with van der Waals surface area (Å²) in [6.07, 6.45) is 4.43. The summed E-state index contributed by atoms with van der Waals surface area (Å²) >= 11 is 0. The van der Waals surface area contributed by atoms with Crippen LogP contribution in [-0.4, -0.2) is 16.3 Å². The molecule has 1 fully saturated rings. The number of benzene rings is 1. The summed E-state index contributed by atoms with van der Waals surface area (Å²) in [5.74, 6) is 1.77. The standard InChI is InChI=1S/C19H30O2/c1-14(2)16-9-11-18(12-10-16)19(21,13-15(3)20)17-7-5-4-6-8-17/h4-8,14-16,18,20-21H,9-13H2,1-3H3. The third kappa shape index (κ3) is 3.87. The lowest BCUT2D eigenvalue weighted by atomic mass is 9.67. The molecule has 1 saturated carbocycles. The van der Waals surface area contributed by atoms with Crippen LogP contribution in [0.15, 0.2) is 30.3 Å². The summed E-state index contributed by atoms with van der Waals surface area (Å²) in [5, 5.41) is 21.2. The van der Waals surface area contributed by atoms with Gasteiger partial charge in [-0.25, -0.2) is 0 Å². The third-order valence-corrected chi connectivity index (χ3v) is 5.27. The first-order valence-corrected chi connectivity index (χ1v) is 8.39. The van der Waals surface area contributed by atoms with Crippen molar-refractivity contribution in [1.82, 2.24) is 0 Å². The molecule has 2 nitrogen and oxygen atoms in total. The van der Waals surface area contributed by atoms with E-state index in [1.165, 1.54) is 12.8 Å². The van der Waals surface area contributed by atoms with Gasteiger partial charge >= 0.3 is 0 Å². The van der Waals surface area contributed by atoms with Crippen LogP contribution in [0.3, 0.4) is 0 Å². The Morgan fingerprint density at radius 2 is 1.62 bits per heavy atom. The van der Waals surface area contributed by atoms with Crippen LogP contribution in [-0.2, 0) is 5.60 Å². The second kappa shape index (κ2) is 6.93. The van der Waals surface area contributed by atoms with Crippen LogP contribution >= 0.6 is 0 Å². The molecule has 0 spiro atoms. The second-order valence-electron chi connectivity index (χ2n) is 7.20. The molecule has 2 N–H and O–H groups in total. The summed E-state index contributed by atoms with van der Waals surface area (Å²) < 4.78 is 0. The molecule has 1 aliphatic carbocycles. The Morgan fingerprint density at radius 3 is 2.10 bits per heavy atom. The average molecular weight is 290 g/mol. The van der Waals surface area contributed by atoms with Crippen molar-refractivity contribution in [3.63, 3.8) is 0 Å². The molecule has 0 aliphatic heterocycles. The van der Waals surface area contributed by atoms with Crippen LogP contribution in [0, 0.1) is 17.8 Å². The maximum atomic E-state index is 11.3. The van der Waals surface area contributed by atoms with E-state index in [1.54, 1.807) is 6.92 Å². The van der Waals surface area contributed by atoms with Crippen LogP contribution in [0.4, 0.5) is 0 Å². The molecule has 0 amide bonds. The molecule has 0 radical (unpaired) electrons. The molecule has 0 saturated heterocycles. The first kappa shape index (κ1) is 16.5. The van der Waals surface area contributed by atoms with Crippen molar-refractivity contribution in [3.05, 3.63) is 35.9 Å². The highest BCUT2D eigenvalue weighted by Gasteiger charge is 2.41. The zero-order valence-corrected chi connectivity index (χ0v) is 13.6. The Labute approximate surface area is 129 Å². The van der Waals surface area contributed by atoms with E-state index in [2.05, 4.69) is 13.8 Å². The van der Waals surface area contributed by atoms with Gasteiger partial charge in [-0.05, 0) is 55.9 Å². The van der Waals surface area contributed by atoms with Crippen molar-refractivity contribution in [1.29, 1.82) is 0 Å². The van der Waals surface area contributed by atoms with Crippen LogP contribution in [0.25, 0.3) is 0 Å². The first-order valence-electron chi connectivity index (χ1n) is 8.39. The summed E-state index contributed by atoms with van der Waals surface area (Å²) in [5.41, 5.74) is 0.0658. The molecule has 1 aromatic carbocycles. The molecule has 1 aliphatic rings. The molecular formula is C19H30O2. The van der Waals surface area contributed by atoms with E-state index in [0.717, 1.165) is 30.2 Å². The van der Waals surface area contributed by atoms with E-state index >= 15 is 0 Å². The van der Waals surface area contributed by atoms with E-state index in [4.69, 9.17) is 0 Å². The Morgan fingerprint density at radius 1 is 1.05 bits per heavy atom. The van der Waals surface area contributed by atoms with Gasteiger partial charge in [0.1, 0.15) is 0 Å². The van der Waals surface area contributed by atoms with Gasteiger partial charge < -0.3 is 10.2 Å². The van der Waals surface area contributed by atoms with E-state index in [1.807, 2.05) is 30.3 Å². The fraction of sp³-hybridized carbons (Fsp3) is 0.684. The smallest absolute Gasteiger partial charge is 0.0949 e. The first-order chi connectivity index (χ1) is 9.93. The SMILES string of the molecule is CC(O)CC(O)(c1ccccc1)C1CCC(C(C)C)CC1. The zero-order chi connectivity index (χ0) is 15.5. The third-order valence-electron chi connectivity index (χ3n) is 5.27. The predicted molar refractivity (Wildman–Crippen MR) is 86.9 cm³/mol. The highest BCUT2D eigenvalue weighted by Crippen LogP contribution is 2.44. The van der Waals surface area contributed by atoms with Gasteiger partial charge in [-0.15, -0.1) is 0 Å². The van der Waals surface area contributed by atoms with Gasteiger partial charge in [-0.3, -0.25) is 0 Å². The van der Waals surface area contributed by atoms with Gasteiger partial charge in [0, 0.05) is 6.42 Å². The normalized spacial score (nSPS) is 27.3. The van der Waals surface area contributed by atoms with E-state index in [9.17, 15) is 10.2 Å². The van der Waals surface area contributed by atoms with Crippen LogP contribution in [0.5, 0.6) is 0 Å². The molecule has 1 aromatic rings. The van der Waals surface area contributed by atoms with Crippen molar-refractivity contribution in [2.24, 2.45) is 17.8 Å². The zero-order valence-electron chi connectivity index (χ0n) is 13.6. The van der Waals surface area contributed by atoms with Gasteiger partial charge in [0.05, 0.1) is 11.7 Å². The minimum atomic E-state index is -0.891. The van der Waals surface area contributed by atoms with Gasteiger partial charge in [0.15, 0.2) is 0 Å². The van der Waals surface area contributed by atoms with Crippen molar-refractivity contribution in [3.8, 4) is 0 Å². The Balaban J connectivity index is 2.18. The van der Waals surface area contributed by atoms with Gasteiger partial charge in [-0.2, -0.15) is 0 Å². The summed E-state index contributed by atoms with van der Waals surface area (Å²) in [6.45, 7) is 6.36. The Kier molecular flexibility index (Phi) is 5.45. The van der Waals surface area contributed by atoms with E-state index < -0.39 is 11.7 Å². The summed E-state index contributed by atoms with van der Waals surface area (Å²) in [7, 11) is 0. The fourth-order valence-corrected chi connectivity index (χ4v) is 3.96. The minimum Gasteiger partial charge on any atom is -0.393 e. The maximum Gasteiger partial charge on any atom is 0.0949 e. The molecule has 2 unspecified atom stereocenters. The lowest BCUT2D eigenvalue weighted by Gasteiger charge is -2.42. The minimum absolute atomic E-state index is 0.254. The highest BCUT2D eigenvalue weighted by atomic mass is 16.3. The van der Waals surface area contributed by atoms with E-state index in [0.29, 0.717) is 6.42 Å². The number of rotatable bonds is 5. The van der Waals surface area contributed by atoms with Crippen LogP contribution < -0.4 is 0 Å². The summed E-state index contributed by atoms with van der Waals surface area (Å²) in [4.78, 5) is 0. The highest BCUT2D eigenvalue weighted by molar-refractivity contribution is 5.23. The molecule has 0 aromatic heterocycles. The van der Waals surface area contributed by atoms with Crippen LogP contribution in [0.1, 0.15) is 58.4 Å². The molecule has 0 bridgehead atoms. The molecule has 2 rings (SSSR count). The number of hydrogen-bond acceptors (Lipinski definition) is 2. The predicted octanol–water partition coefficient (Wildman–Crippen LogP) is 4.11. The molecular weight excluding hydrogens is 260 g/mol. The monoisotopic (exact) mass is 290 g/mol. The van der Waals surface area contributed by atoms with E-state index in [-0.39, 0.29) is 5.92 Å². The van der Waals surface area contributed by atoms with Gasteiger partial charge in [0.2, 0.25) is 0 Å². The van der Waals surface area contributed by atoms with Crippen LogP contribution in [0.2, 0.25) is 0 Å². The molecule has 0 heterocycles. The van der Waals surface area contributed by atoms with Crippen molar-refractivity contribution >= 4 is 0 Å². The van der Waals surface area contributed by atoms with Gasteiger partial charge in [0.25, 0.3) is 0 Å². The molecule has 2 atom stereocenters. The number of aliphatic hydroxyl groups excluding tert-OH is 1. The largest absolute Gasteiger partial charge is 0.393 e. The molecule has 118 valence electrons. The summed E-state index contributed by atoms with van der Waals surface area (Å²) in [6, 6.07) is 9.92. The fourth-order valence-electron chi connectivity index (χ4n) is 3.96. The average Bonchev–Trinajstić information content (AvgIpc) is 2.47. The number of hydrogen-bond donors (Lipinski definition) is 2.